The number of rotatable bonds is 9. The maximum atomic E-state index is 14.4. The number of benzene rings is 2. The molecule has 9 heteroatoms. The van der Waals surface area contributed by atoms with Gasteiger partial charge in [0.2, 0.25) is 0 Å². The number of carbonyl (C=O) groups excluding carboxylic acids is 1. The minimum absolute atomic E-state index is 0.0819. The van der Waals surface area contributed by atoms with Crippen molar-refractivity contribution >= 4 is 34.9 Å². The Hall–Kier alpha value is -2.65. The highest BCUT2D eigenvalue weighted by Crippen LogP contribution is 2.39. The van der Waals surface area contributed by atoms with Crippen LogP contribution in [-0.2, 0) is 11.3 Å². The molecule has 170 valence electrons. The minimum Gasteiger partial charge on any atom is -0.487 e. The molecule has 0 saturated carbocycles. The average Bonchev–Trinajstić information content (AvgIpc) is 3.17. The molecule has 32 heavy (non-hydrogen) atoms. The van der Waals surface area contributed by atoms with E-state index in [4.69, 9.17) is 9.47 Å². The second-order valence-corrected chi connectivity index (χ2v) is 9.36. The number of halogens is 2. The maximum Gasteiger partial charge on any atom is 0.337 e. The van der Waals surface area contributed by atoms with Gasteiger partial charge in [-0.25, -0.2) is 18.6 Å². The van der Waals surface area contributed by atoms with Gasteiger partial charge in [-0.2, -0.15) is 0 Å². The zero-order valence-corrected chi connectivity index (χ0v) is 19.9. The van der Waals surface area contributed by atoms with Crippen LogP contribution in [0.4, 0.5) is 14.5 Å². The van der Waals surface area contributed by atoms with E-state index >= 15 is 0 Å². The Morgan fingerprint density at radius 3 is 2.56 bits per heavy atom. The molecule has 1 unspecified atom stereocenters. The van der Waals surface area contributed by atoms with Crippen LogP contribution in [0.1, 0.15) is 34.1 Å². The molecule has 0 aliphatic rings. The van der Waals surface area contributed by atoms with Crippen LogP contribution in [0.2, 0.25) is 0 Å². The Bertz CT molecular complexity index is 1070. The van der Waals surface area contributed by atoms with Gasteiger partial charge in [-0.15, -0.1) is 11.3 Å². The Morgan fingerprint density at radius 1 is 1.25 bits per heavy atom. The molecule has 0 spiro atoms. The first-order chi connectivity index (χ1) is 15.3. The Kier molecular flexibility index (Phi) is 8.09. The first-order valence-corrected chi connectivity index (χ1v) is 11.5. The quantitative estimate of drug-likeness (QED) is 0.272. The number of alkyl halides is 1. The van der Waals surface area contributed by atoms with Crippen LogP contribution in [0.3, 0.4) is 0 Å². The van der Waals surface area contributed by atoms with Gasteiger partial charge in [0.25, 0.3) is 0 Å². The third-order valence-corrected chi connectivity index (χ3v) is 6.56. The number of hydrogen-bond donors (Lipinski definition) is 0. The van der Waals surface area contributed by atoms with E-state index < -0.39 is 18.0 Å². The number of thiazole rings is 1. The van der Waals surface area contributed by atoms with Crippen LogP contribution in [0.25, 0.3) is 0 Å². The van der Waals surface area contributed by atoms with Crippen LogP contribution >= 0.6 is 23.3 Å². The number of aromatic nitrogens is 1. The van der Waals surface area contributed by atoms with E-state index in [1.54, 1.807) is 41.6 Å². The van der Waals surface area contributed by atoms with E-state index in [0.29, 0.717) is 22.6 Å². The van der Waals surface area contributed by atoms with E-state index in [1.165, 1.54) is 43.4 Å². The number of aryl methyl sites for hydroxylation is 2. The standard InChI is InChI=1S/C23H24F2N2O3S2/c1-14-9-20(27(11-15(2)24)32-23-26-16(3)13-31-23)21(10-19(14)25)30-12-17-5-7-18(8-6-17)22(28)29-4/h5-10,13,15H,11-12H2,1-4H3. The summed E-state index contributed by atoms with van der Waals surface area (Å²) in [5.41, 5.74) is 3.10. The van der Waals surface area contributed by atoms with Crippen molar-refractivity contribution in [2.24, 2.45) is 0 Å². The van der Waals surface area contributed by atoms with Gasteiger partial charge in [-0.05, 0) is 50.1 Å². The number of esters is 1. The molecular formula is C23H24F2N2O3S2. The SMILES string of the molecule is COC(=O)c1ccc(COc2cc(F)c(C)cc2N(CC(C)F)Sc2nc(C)cs2)cc1. The zero-order chi connectivity index (χ0) is 23.3. The number of anilines is 1. The third kappa shape index (κ3) is 6.20. The van der Waals surface area contributed by atoms with Crippen LogP contribution in [0.15, 0.2) is 46.1 Å². The van der Waals surface area contributed by atoms with Crippen molar-refractivity contribution in [2.45, 2.75) is 37.9 Å². The van der Waals surface area contributed by atoms with Gasteiger partial charge in [-0.1, -0.05) is 12.1 Å². The smallest absolute Gasteiger partial charge is 0.337 e. The largest absolute Gasteiger partial charge is 0.487 e. The maximum absolute atomic E-state index is 14.4. The van der Waals surface area contributed by atoms with E-state index in [2.05, 4.69) is 4.98 Å². The highest BCUT2D eigenvalue weighted by Gasteiger charge is 2.20. The topological polar surface area (TPSA) is 51.7 Å². The third-order valence-electron chi connectivity index (χ3n) is 4.48. The van der Waals surface area contributed by atoms with Crippen molar-refractivity contribution < 1.29 is 23.0 Å². The lowest BCUT2D eigenvalue weighted by Crippen LogP contribution is -2.23. The van der Waals surface area contributed by atoms with Crippen LogP contribution < -0.4 is 9.04 Å². The summed E-state index contributed by atoms with van der Waals surface area (Å²) in [6.45, 7) is 5.25. The van der Waals surface area contributed by atoms with E-state index in [-0.39, 0.29) is 13.2 Å². The first kappa shape index (κ1) is 24.0. The lowest BCUT2D eigenvalue weighted by Gasteiger charge is -2.26. The molecule has 0 bridgehead atoms. The lowest BCUT2D eigenvalue weighted by atomic mass is 10.1. The molecule has 0 amide bonds. The fourth-order valence-electron chi connectivity index (χ4n) is 2.86. The molecule has 3 rings (SSSR count). The summed E-state index contributed by atoms with van der Waals surface area (Å²) in [4.78, 5) is 16.0. The Balaban J connectivity index is 1.86. The predicted octanol–water partition coefficient (Wildman–Crippen LogP) is 6.14. The van der Waals surface area contributed by atoms with Crippen LogP contribution in [-0.4, -0.2) is 30.8 Å². The molecule has 0 saturated heterocycles. The predicted molar refractivity (Wildman–Crippen MR) is 124 cm³/mol. The molecule has 0 fully saturated rings. The van der Waals surface area contributed by atoms with Gasteiger partial charge < -0.3 is 13.8 Å². The van der Waals surface area contributed by atoms with Crippen LogP contribution in [0.5, 0.6) is 5.75 Å². The molecule has 5 nitrogen and oxygen atoms in total. The van der Waals surface area contributed by atoms with Crippen molar-refractivity contribution in [3.63, 3.8) is 0 Å². The molecular weight excluding hydrogens is 454 g/mol. The number of ether oxygens (including phenoxy) is 2. The zero-order valence-electron chi connectivity index (χ0n) is 18.2. The summed E-state index contributed by atoms with van der Waals surface area (Å²) in [5, 5.41) is 1.92. The summed E-state index contributed by atoms with van der Waals surface area (Å²) in [6.07, 6.45) is -1.12. The molecule has 2 aromatic carbocycles. The highest BCUT2D eigenvalue weighted by atomic mass is 32.2. The molecule has 3 aromatic rings. The summed E-state index contributed by atoms with van der Waals surface area (Å²) < 4.78 is 41.5. The molecule has 0 N–H and O–H groups in total. The molecule has 0 aliphatic heterocycles. The fourth-order valence-corrected chi connectivity index (χ4v) is 4.86. The van der Waals surface area contributed by atoms with Crippen molar-refractivity contribution in [2.75, 3.05) is 18.0 Å². The average molecular weight is 479 g/mol. The summed E-state index contributed by atoms with van der Waals surface area (Å²) in [6, 6.07) is 9.73. The monoisotopic (exact) mass is 478 g/mol. The highest BCUT2D eigenvalue weighted by molar-refractivity contribution is 8.02. The summed E-state index contributed by atoms with van der Waals surface area (Å²) >= 11 is 2.76. The van der Waals surface area contributed by atoms with Gasteiger partial charge in [0.05, 0.1) is 24.9 Å². The molecule has 1 aromatic heterocycles. The van der Waals surface area contributed by atoms with E-state index in [0.717, 1.165) is 15.6 Å². The Labute approximate surface area is 194 Å². The van der Waals surface area contributed by atoms with Crippen molar-refractivity contribution in [1.82, 2.24) is 4.98 Å². The summed E-state index contributed by atoms with van der Waals surface area (Å²) in [7, 11) is 1.32. The minimum atomic E-state index is -1.12. The molecule has 0 aliphatic carbocycles. The number of nitrogens with zero attached hydrogens (tertiary/aromatic N) is 2. The van der Waals surface area contributed by atoms with E-state index in [1.807, 2.05) is 12.3 Å². The number of carbonyl (C=O) groups is 1. The lowest BCUT2D eigenvalue weighted by molar-refractivity contribution is 0.0600. The fraction of sp³-hybridized carbons (Fsp3) is 0.304. The summed E-state index contributed by atoms with van der Waals surface area (Å²) in [5.74, 6) is -0.537. The van der Waals surface area contributed by atoms with Gasteiger partial charge in [0, 0.05) is 29.1 Å². The number of hydrogen-bond acceptors (Lipinski definition) is 7. The Morgan fingerprint density at radius 2 is 1.97 bits per heavy atom. The van der Waals surface area contributed by atoms with Crippen LogP contribution in [0, 0.1) is 19.7 Å². The van der Waals surface area contributed by atoms with Gasteiger partial charge >= 0.3 is 5.97 Å². The number of methoxy groups -OCH3 is 1. The normalized spacial score (nSPS) is 11.8. The first-order valence-electron chi connectivity index (χ1n) is 9.88. The second-order valence-electron chi connectivity index (χ2n) is 7.23. The molecule has 1 heterocycles. The van der Waals surface area contributed by atoms with Gasteiger partial charge in [0.1, 0.15) is 24.3 Å². The van der Waals surface area contributed by atoms with E-state index in [9.17, 15) is 13.6 Å². The molecule has 1 atom stereocenters. The second kappa shape index (κ2) is 10.8. The van der Waals surface area contributed by atoms with Gasteiger partial charge in [0.15, 0.2) is 4.34 Å². The molecule has 0 radical (unpaired) electrons. The van der Waals surface area contributed by atoms with Crippen molar-refractivity contribution in [1.29, 1.82) is 0 Å². The van der Waals surface area contributed by atoms with Gasteiger partial charge in [-0.3, -0.25) is 0 Å². The van der Waals surface area contributed by atoms with Crippen molar-refractivity contribution in [3.05, 3.63) is 70.0 Å². The van der Waals surface area contributed by atoms with Crippen molar-refractivity contribution in [3.8, 4) is 5.75 Å².